The number of nitrogens with one attached hydrogen (secondary N) is 1. The van der Waals surface area contributed by atoms with Crippen LogP contribution in [0.15, 0.2) is 18.2 Å². The lowest BCUT2D eigenvalue weighted by atomic mass is 9.84. The van der Waals surface area contributed by atoms with Gasteiger partial charge >= 0.3 is 0 Å². The van der Waals surface area contributed by atoms with Gasteiger partial charge in [-0.1, -0.05) is 20.8 Å². The molecule has 0 aliphatic rings. The SMILES string of the molecule is CCCNC(C)C(Cc1cc(F)cc([N+](=O)[O-])c1)C(C)C. The zero-order chi connectivity index (χ0) is 16.0. The lowest BCUT2D eigenvalue weighted by Crippen LogP contribution is -2.37. The van der Waals surface area contributed by atoms with E-state index in [-0.39, 0.29) is 11.7 Å². The largest absolute Gasteiger partial charge is 0.314 e. The predicted octanol–water partition coefficient (Wildman–Crippen LogP) is 3.94. The molecule has 0 bridgehead atoms. The fourth-order valence-corrected chi connectivity index (χ4v) is 2.64. The van der Waals surface area contributed by atoms with Crippen molar-refractivity contribution in [1.29, 1.82) is 0 Å². The van der Waals surface area contributed by atoms with Gasteiger partial charge in [-0.05, 0) is 49.8 Å². The maximum absolute atomic E-state index is 13.5. The Hall–Kier alpha value is -1.49. The van der Waals surface area contributed by atoms with E-state index in [9.17, 15) is 14.5 Å². The number of hydrogen-bond acceptors (Lipinski definition) is 3. The molecular weight excluding hydrogens is 271 g/mol. The Labute approximate surface area is 125 Å². The third-order valence-corrected chi connectivity index (χ3v) is 3.84. The van der Waals surface area contributed by atoms with Crippen molar-refractivity contribution in [2.24, 2.45) is 11.8 Å². The van der Waals surface area contributed by atoms with Crippen molar-refractivity contribution in [1.82, 2.24) is 5.32 Å². The van der Waals surface area contributed by atoms with Crippen molar-refractivity contribution < 1.29 is 9.31 Å². The fraction of sp³-hybridized carbons (Fsp3) is 0.625. The van der Waals surface area contributed by atoms with E-state index in [2.05, 4.69) is 33.0 Å². The molecule has 2 atom stereocenters. The van der Waals surface area contributed by atoms with Gasteiger partial charge in [-0.25, -0.2) is 4.39 Å². The zero-order valence-electron chi connectivity index (χ0n) is 13.2. The molecule has 4 nitrogen and oxygen atoms in total. The van der Waals surface area contributed by atoms with Crippen LogP contribution in [0.3, 0.4) is 0 Å². The molecule has 1 N–H and O–H groups in total. The van der Waals surface area contributed by atoms with Crippen LogP contribution in [0.4, 0.5) is 10.1 Å². The number of non-ortho nitro benzene ring substituents is 1. The van der Waals surface area contributed by atoms with Crippen molar-refractivity contribution in [3.05, 3.63) is 39.7 Å². The first-order valence-electron chi connectivity index (χ1n) is 7.52. The summed E-state index contributed by atoms with van der Waals surface area (Å²) in [5.74, 6) is 0.167. The summed E-state index contributed by atoms with van der Waals surface area (Å²) in [7, 11) is 0. The number of nitro benzene ring substituents is 1. The highest BCUT2D eigenvalue weighted by atomic mass is 19.1. The number of nitro groups is 1. The maximum Gasteiger partial charge on any atom is 0.272 e. The molecule has 0 amide bonds. The summed E-state index contributed by atoms with van der Waals surface area (Å²) in [6.07, 6.45) is 1.69. The summed E-state index contributed by atoms with van der Waals surface area (Å²) in [6.45, 7) is 9.42. The zero-order valence-corrected chi connectivity index (χ0v) is 13.2. The van der Waals surface area contributed by atoms with Gasteiger partial charge in [-0.3, -0.25) is 10.1 Å². The first-order chi connectivity index (χ1) is 9.85. The standard InChI is InChI=1S/C16H25FN2O2/c1-5-6-18-12(4)16(11(2)3)9-13-7-14(17)10-15(8-13)19(20)21/h7-8,10-12,16,18H,5-6,9H2,1-4H3. The first kappa shape index (κ1) is 17.6. The van der Waals surface area contributed by atoms with Gasteiger partial charge < -0.3 is 5.32 Å². The minimum Gasteiger partial charge on any atom is -0.314 e. The van der Waals surface area contributed by atoms with E-state index >= 15 is 0 Å². The van der Waals surface area contributed by atoms with Crippen LogP contribution in [0.25, 0.3) is 0 Å². The van der Waals surface area contributed by atoms with Crippen LogP contribution in [-0.4, -0.2) is 17.5 Å². The monoisotopic (exact) mass is 296 g/mol. The van der Waals surface area contributed by atoms with Crippen LogP contribution in [0.5, 0.6) is 0 Å². The number of hydrogen-bond donors (Lipinski definition) is 1. The highest BCUT2D eigenvalue weighted by Crippen LogP contribution is 2.24. The summed E-state index contributed by atoms with van der Waals surface area (Å²) in [4.78, 5) is 10.3. The van der Waals surface area contributed by atoms with Crippen molar-refractivity contribution >= 4 is 5.69 Å². The fourth-order valence-electron chi connectivity index (χ4n) is 2.64. The number of nitrogens with zero attached hydrogens (tertiary/aromatic N) is 1. The molecule has 1 aromatic rings. The molecule has 0 aliphatic carbocycles. The van der Waals surface area contributed by atoms with Gasteiger partial charge in [0.25, 0.3) is 5.69 Å². The Morgan fingerprint density at radius 2 is 1.95 bits per heavy atom. The second-order valence-electron chi connectivity index (χ2n) is 5.93. The van der Waals surface area contributed by atoms with Crippen LogP contribution in [0.1, 0.15) is 39.7 Å². The highest BCUT2D eigenvalue weighted by molar-refractivity contribution is 5.35. The van der Waals surface area contributed by atoms with E-state index in [1.807, 2.05) is 0 Å². The van der Waals surface area contributed by atoms with Gasteiger partial charge in [0.05, 0.1) is 11.0 Å². The van der Waals surface area contributed by atoms with Gasteiger partial charge in [-0.2, -0.15) is 0 Å². The van der Waals surface area contributed by atoms with Crippen LogP contribution in [-0.2, 0) is 6.42 Å². The summed E-state index contributed by atoms with van der Waals surface area (Å²) in [5.41, 5.74) is 0.507. The van der Waals surface area contributed by atoms with E-state index in [4.69, 9.17) is 0 Å². The van der Waals surface area contributed by atoms with Crippen LogP contribution < -0.4 is 5.32 Å². The minimum absolute atomic E-state index is 0.179. The van der Waals surface area contributed by atoms with Crippen LogP contribution in [0.2, 0.25) is 0 Å². The Balaban J connectivity index is 2.91. The van der Waals surface area contributed by atoms with Gasteiger partial charge in [0.1, 0.15) is 5.82 Å². The second kappa shape index (κ2) is 8.08. The third kappa shape index (κ3) is 5.42. The smallest absolute Gasteiger partial charge is 0.272 e. The highest BCUT2D eigenvalue weighted by Gasteiger charge is 2.22. The van der Waals surface area contributed by atoms with E-state index in [0.29, 0.717) is 23.8 Å². The molecule has 0 heterocycles. The quantitative estimate of drug-likeness (QED) is 0.584. The summed E-state index contributed by atoms with van der Waals surface area (Å²) in [6, 6.07) is 4.12. The molecule has 2 unspecified atom stereocenters. The Kier molecular flexibility index (Phi) is 6.75. The first-order valence-corrected chi connectivity index (χ1v) is 7.52. The van der Waals surface area contributed by atoms with Crippen molar-refractivity contribution in [3.63, 3.8) is 0 Å². The number of benzene rings is 1. The molecule has 0 radical (unpaired) electrons. The van der Waals surface area contributed by atoms with Crippen molar-refractivity contribution in [3.8, 4) is 0 Å². The number of rotatable bonds is 8. The molecule has 0 saturated heterocycles. The van der Waals surface area contributed by atoms with E-state index in [1.165, 1.54) is 12.1 Å². The van der Waals surface area contributed by atoms with Crippen molar-refractivity contribution in [2.75, 3.05) is 6.54 Å². The Morgan fingerprint density at radius 3 is 2.48 bits per heavy atom. The Bertz CT molecular complexity index is 477. The molecular formula is C16H25FN2O2. The molecule has 1 aromatic carbocycles. The van der Waals surface area contributed by atoms with Gasteiger partial charge in [-0.15, -0.1) is 0 Å². The van der Waals surface area contributed by atoms with Gasteiger partial charge in [0.15, 0.2) is 0 Å². The summed E-state index contributed by atoms with van der Waals surface area (Å²) in [5, 5.41) is 14.3. The third-order valence-electron chi connectivity index (χ3n) is 3.84. The van der Waals surface area contributed by atoms with E-state index in [1.54, 1.807) is 0 Å². The Morgan fingerprint density at radius 1 is 1.29 bits per heavy atom. The molecule has 0 saturated carbocycles. The van der Waals surface area contributed by atoms with Crippen LogP contribution >= 0.6 is 0 Å². The second-order valence-corrected chi connectivity index (χ2v) is 5.93. The van der Waals surface area contributed by atoms with E-state index < -0.39 is 10.7 Å². The number of halogens is 1. The van der Waals surface area contributed by atoms with Crippen LogP contribution in [0, 0.1) is 27.8 Å². The normalized spacial score (nSPS) is 14.2. The lowest BCUT2D eigenvalue weighted by molar-refractivity contribution is -0.385. The molecule has 0 spiro atoms. The summed E-state index contributed by atoms with van der Waals surface area (Å²) < 4.78 is 13.5. The predicted molar refractivity (Wildman–Crippen MR) is 82.8 cm³/mol. The van der Waals surface area contributed by atoms with E-state index in [0.717, 1.165) is 19.0 Å². The van der Waals surface area contributed by atoms with Crippen molar-refractivity contribution in [2.45, 2.75) is 46.6 Å². The molecule has 0 aliphatic heterocycles. The summed E-state index contributed by atoms with van der Waals surface area (Å²) >= 11 is 0. The topological polar surface area (TPSA) is 55.2 Å². The maximum atomic E-state index is 13.5. The molecule has 0 fully saturated rings. The van der Waals surface area contributed by atoms with Gasteiger partial charge in [0, 0.05) is 12.1 Å². The average molecular weight is 296 g/mol. The molecule has 0 aromatic heterocycles. The van der Waals surface area contributed by atoms with Gasteiger partial charge in [0.2, 0.25) is 0 Å². The molecule has 21 heavy (non-hydrogen) atoms. The minimum atomic E-state index is -0.546. The molecule has 5 heteroatoms. The average Bonchev–Trinajstić information content (AvgIpc) is 2.41. The molecule has 1 rings (SSSR count). The lowest BCUT2D eigenvalue weighted by Gasteiger charge is -2.28. The molecule has 118 valence electrons.